The molecule has 0 unspecified atom stereocenters. The molecule has 2 N–H and O–H groups in total. The lowest BCUT2D eigenvalue weighted by Crippen LogP contribution is -2.26. The fraction of sp³-hybridized carbons (Fsp3) is 0.421. The predicted octanol–water partition coefficient (Wildman–Crippen LogP) is 3.03. The van der Waals surface area contributed by atoms with E-state index in [1.54, 1.807) is 25.9 Å². The Balaban J connectivity index is 2.71. The highest BCUT2D eigenvalue weighted by atomic mass is 16.6. The minimum absolute atomic E-state index is 0.253. The van der Waals surface area contributed by atoms with Gasteiger partial charge in [0, 0.05) is 19.0 Å². The first-order valence-electron chi connectivity index (χ1n) is 8.35. The van der Waals surface area contributed by atoms with Gasteiger partial charge in [0.25, 0.3) is 0 Å². The van der Waals surface area contributed by atoms with Crippen LogP contribution in [0.1, 0.15) is 38.3 Å². The molecule has 1 rings (SSSR count). The highest BCUT2D eigenvalue weighted by molar-refractivity contribution is 6.29. The molecule has 0 bridgehead atoms. The average Bonchev–Trinajstić information content (AvgIpc) is 2.62. The standard InChI is InChI=1S/C19H27N5O2/c1-6-8-12-26-23-16(4)13-21-22-19(7-2)25-14-17-15(3)10-9-11-18(17)24(5)20/h9-11,13H,7,12,14,20H2,1-5H3/b21-13-,22-19?,23-16?. The SMILES string of the molecule is CC#CCON=C(C)/C=N\N=C(CC)OCc1c(C)cccc1N(C)N. The molecule has 1 aromatic rings. The van der Waals surface area contributed by atoms with Crippen LogP contribution in [0.15, 0.2) is 33.6 Å². The second-order valence-electron chi connectivity index (χ2n) is 5.50. The quantitative estimate of drug-likeness (QED) is 0.193. The van der Waals surface area contributed by atoms with Gasteiger partial charge in [0.2, 0.25) is 5.90 Å². The monoisotopic (exact) mass is 357 g/mol. The van der Waals surface area contributed by atoms with Crippen LogP contribution in [-0.2, 0) is 16.2 Å². The topological polar surface area (TPSA) is 84.8 Å². The highest BCUT2D eigenvalue weighted by Crippen LogP contribution is 2.22. The van der Waals surface area contributed by atoms with Crippen LogP contribution in [0.25, 0.3) is 0 Å². The van der Waals surface area contributed by atoms with Crippen LogP contribution in [0.2, 0.25) is 0 Å². The van der Waals surface area contributed by atoms with Crippen LogP contribution in [0, 0.1) is 18.8 Å². The number of hydrogen-bond donors (Lipinski definition) is 1. The van der Waals surface area contributed by atoms with Gasteiger partial charge in [0.1, 0.15) is 6.61 Å². The number of hydrazine groups is 1. The van der Waals surface area contributed by atoms with Gasteiger partial charge in [0.05, 0.1) is 17.6 Å². The van der Waals surface area contributed by atoms with Crippen molar-refractivity contribution in [1.82, 2.24) is 0 Å². The summed E-state index contributed by atoms with van der Waals surface area (Å²) >= 11 is 0. The Labute approximate surface area is 155 Å². The summed E-state index contributed by atoms with van der Waals surface area (Å²) in [5.41, 5.74) is 3.63. The van der Waals surface area contributed by atoms with E-state index in [1.165, 1.54) is 6.21 Å². The van der Waals surface area contributed by atoms with E-state index in [4.69, 9.17) is 15.4 Å². The molecule has 0 saturated heterocycles. The Morgan fingerprint density at radius 1 is 1.38 bits per heavy atom. The van der Waals surface area contributed by atoms with E-state index >= 15 is 0 Å². The van der Waals surface area contributed by atoms with Gasteiger partial charge in [-0.1, -0.05) is 30.1 Å². The van der Waals surface area contributed by atoms with Gasteiger partial charge < -0.3 is 14.6 Å². The van der Waals surface area contributed by atoms with Crippen LogP contribution in [0.5, 0.6) is 0 Å². The molecule has 140 valence electrons. The molecule has 0 aliphatic heterocycles. The van der Waals surface area contributed by atoms with Crippen molar-refractivity contribution in [3.63, 3.8) is 0 Å². The molecule has 0 atom stereocenters. The lowest BCUT2D eigenvalue weighted by atomic mass is 10.1. The number of rotatable bonds is 8. The Morgan fingerprint density at radius 2 is 2.15 bits per heavy atom. The Hall–Kier alpha value is -2.85. The van der Waals surface area contributed by atoms with Gasteiger partial charge in [-0.05, 0) is 32.4 Å². The first-order chi connectivity index (χ1) is 12.5. The average molecular weight is 357 g/mol. The summed E-state index contributed by atoms with van der Waals surface area (Å²) in [6, 6.07) is 5.94. The molecule has 0 amide bonds. The first-order valence-corrected chi connectivity index (χ1v) is 8.35. The molecule has 0 saturated carbocycles. The molecule has 0 aliphatic rings. The largest absolute Gasteiger partial charge is 0.475 e. The number of nitrogens with two attached hydrogens (primary N) is 1. The number of aryl methyl sites for hydroxylation is 1. The maximum Gasteiger partial charge on any atom is 0.208 e. The minimum atomic E-state index is 0.253. The summed E-state index contributed by atoms with van der Waals surface area (Å²) in [6.07, 6.45) is 2.13. The van der Waals surface area contributed by atoms with Crippen LogP contribution in [0.3, 0.4) is 0 Å². The van der Waals surface area contributed by atoms with Crippen molar-refractivity contribution in [1.29, 1.82) is 0 Å². The zero-order valence-electron chi connectivity index (χ0n) is 16.1. The van der Waals surface area contributed by atoms with Crippen LogP contribution >= 0.6 is 0 Å². The van der Waals surface area contributed by atoms with Gasteiger partial charge in [-0.2, -0.15) is 5.10 Å². The smallest absolute Gasteiger partial charge is 0.208 e. The summed E-state index contributed by atoms with van der Waals surface area (Å²) in [7, 11) is 1.80. The van der Waals surface area contributed by atoms with Crippen molar-refractivity contribution in [3.8, 4) is 11.8 Å². The number of nitrogens with zero attached hydrogens (tertiary/aromatic N) is 4. The summed E-state index contributed by atoms with van der Waals surface area (Å²) in [5.74, 6) is 11.9. The molecule has 0 radical (unpaired) electrons. The van der Waals surface area contributed by atoms with Gasteiger partial charge in [-0.25, -0.2) is 5.84 Å². The van der Waals surface area contributed by atoms with Gasteiger partial charge in [-0.3, -0.25) is 0 Å². The van der Waals surface area contributed by atoms with E-state index in [1.807, 2.05) is 32.0 Å². The number of benzene rings is 1. The number of anilines is 1. The van der Waals surface area contributed by atoms with E-state index < -0.39 is 0 Å². The molecule has 7 nitrogen and oxygen atoms in total. The van der Waals surface area contributed by atoms with Crippen molar-refractivity contribution >= 4 is 23.5 Å². The lowest BCUT2D eigenvalue weighted by Gasteiger charge is -2.19. The second kappa shape index (κ2) is 11.7. The van der Waals surface area contributed by atoms with Crippen molar-refractivity contribution in [2.75, 3.05) is 18.7 Å². The normalized spacial score (nSPS) is 11.9. The Bertz CT molecular complexity index is 727. The highest BCUT2D eigenvalue weighted by Gasteiger charge is 2.09. The third kappa shape index (κ3) is 7.36. The molecule has 1 aromatic carbocycles. The van der Waals surface area contributed by atoms with Crippen molar-refractivity contribution in [2.45, 2.75) is 40.7 Å². The minimum Gasteiger partial charge on any atom is -0.475 e. The van der Waals surface area contributed by atoms with Gasteiger partial charge in [-0.15, -0.1) is 11.0 Å². The lowest BCUT2D eigenvalue weighted by molar-refractivity contribution is 0.180. The fourth-order valence-electron chi connectivity index (χ4n) is 2.00. The molecule has 26 heavy (non-hydrogen) atoms. The Kier molecular flexibility index (Phi) is 9.50. The molecule has 7 heteroatoms. The maximum atomic E-state index is 5.89. The van der Waals surface area contributed by atoms with E-state index in [2.05, 4.69) is 27.2 Å². The fourth-order valence-corrected chi connectivity index (χ4v) is 2.00. The molecule has 0 spiro atoms. The van der Waals surface area contributed by atoms with Crippen molar-refractivity contribution in [2.24, 2.45) is 21.2 Å². The molecule has 0 aliphatic carbocycles. The molecular formula is C19H27N5O2. The van der Waals surface area contributed by atoms with E-state index in [9.17, 15) is 0 Å². The predicted molar refractivity (Wildman–Crippen MR) is 107 cm³/mol. The number of oxime groups is 1. The molecule has 0 heterocycles. The number of ether oxygens (including phenoxy) is 1. The summed E-state index contributed by atoms with van der Waals surface area (Å²) in [6.45, 7) is 8.11. The molecule has 0 aromatic heterocycles. The zero-order valence-corrected chi connectivity index (χ0v) is 16.1. The van der Waals surface area contributed by atoms with Crippen molar-refractivity contribution in [3.05, 3.63) is 29.3 Å². The molecule has 0 fully saturated rings. The summed E-state index contributed by atoms with van der Waals surface area (Å²) < 4.78 is 5.81. The van der Waals surface area contributed by atoms with Gasteiger partial charge in [0.15, 0.2) is 6.61 Å². The summed E-state index contributed by atoms with van der Waals surface area (Å²) in [4.78, 5) is 5.00. The van der Waals surface area contributed by atoms with Crippen molar-refractivity contribution < 1.29 is 9.57 Å². The van der Waals surface area contributed by atoms with E-state index in [-0.39, 0.29) is 6.61 Å². The second-order valence-corrected chi connectivity index (χ2v) is 5.50. The third-order valence-corrected chi connectivity index (χ3v) is 3.39. The van der Waals surface area contributed by atoms with Crippen LogP contribution in [0.4, 0.5) is 5.69 Å². The third-order valence-electron chi connectivity index (χ3n) is 3.39. The van der Waals surface area contributed by atoms with E-state index in [0.29, 0.717) is 24.6 Å². The Morgan fingerprint density at radius 3 is 2.81 bits per heavy atom. The zero-order chi connectivity index (χ0) is 19.4. The molecular weight excluding hydrogens is 330 g/mol. The summed E-state index contributed by atoms with van der Waals surface area (Å²) in [5, 5.41) is 13.5. The van der Waals surface area contributed by atoms with Crippen LogP contribution < -0.4 is 10.9 Å². The maximum absolute atomic E-state index is 5.89. The van der Waals surface area contributed by atoms with Crippen LogP contribution in [-0.4, -0.2) is 31.5 Å². The first kappa shape index (κ1) is 21.2. The number of hydrogen-bond acceptors (Lipinski definition) is 7. The van der Waals surface area contributed by atoms with E-state index in [0.717, 1.165) is 16.8 Å². The van der Waals surface area contributed by atoms with Gasteiger partial charge >= 0.3 is 0 Å².